The first kappa shape index (κ1) is 20.3. The number of nitrogens with zero attached hydrogens (tertiary/aromatic N) is 5. The van der Waals surface area contributed by atoms with Gasteiger partial charge in [0.15, 0.2) is 5.65 Å². The number of hydrogen-bond donors (Lipinski definition) is 1. The third kappa shape index (κ3) is 3.64. The van der Waals surface area contributed by atoms with Crippen LogP contribution in [0.4, 0.5) is 0 Å². The first-order valence-corrected chi connectivity index (χ1v) is 10.6. The van der Waals surface area contributed by atoms with Gasteiger partial charge in [0, 0.05) is 45.7 Å². The summed E-state index contributed by atoms with van der Waals surface area (Å²) in [6.45, 7) is 3.56. The molecule has 0 saturated carbocycles. The summed E-state index contributed by atoms with van der Waals surface area (Å²) < 4.78 is 1.69. The predicted octanol–water partition coefficient (Wildman–Crippen LogP) is 1.40. The molecule has 2 aliphatic heterocycles. The SMILES string of the molecule is CNC(=O)c1cnn2c([C@@H]3CCCCN3C(=O)C3CCN(C(C)=O)CC3)ccnc12. The van der Waals surface area contributed by atoms with Gasteiger partial charge >= 0.3 is 0 Å². The fourth-order valence-corrected chi connectivity index (χ4v) is 4.64. The van der Waals surface area contributed by atoms with Gasteiger partial charge in [0.1, 0.15) is 5.56 Å². The van der Waals surface area contributed by atoms with Crippen LogP contribution >= 0.6 is 0 Å². The highest BCUT2D eigenvalue weighted by molar-refractivity contribution is 5.99. The molecule has 0 unspecified atom stereocenters. The van der Waals surface area contributed by atoms with Crippen molar-refractivity contribution >= 4 is 23.4 Å². The molecule has 2 aliphatic rings. The van der Waals surface area contributed by atoms with Gasteiger partial charge in [0.25, 0.3) is 5.91 Å². The Morgan fingerprint density at radius 2 is 1.87 bits per heavy atom. The number of rotatable bonds is 3. The Bertz CT molecular complexity index is 963. The summed E-state index contributed by atoms with van der Waals surface area (Å²) in [6, 6.07) is 1.79. The van der Waals surface area contributed by atoms with Crippen LogP contribution < -0.4 is 5.32 Å². The average Bonchev–Trinajstić information content (AvgIpc) is 3.22. The van der Waals surface area contributed by atoms with Crippen molar-refractivity contribution in [3.63, 3.8) is 0 Å². The Morgan fingerprint density at radius 3 is 2.57 bits per heavy atom. The third-order valence-electron chi connectivity index (χ3n) is 6.32. The molecule has 2 aromatic rings. The van der Waals surface area contributed by atoms with Gasteiger partial charge in [0.2, 0.25) is 11.8 Å². The lowest BCUT2D eigenvalue weighted by Gasteiger charge is -2.40. The zero-order valence-electron chi connectivity index (χ0n) is 17.5. The number of amides is 3. The standard InChI is InChI=1S/C21H28N6O3/c1-14(28)25-11-7-15(8-12-25)21(30)26-10-4-3-5-17(26)18-6-9-23-19-16(20(29)22-2)13-24-27(18)19/h6,9,13,15,17H,3-5,7-8,10-12H2,1-2H3,(H,22,29)/t17-/m0/s1. The lowest BCUT2D eigenvalue weighted by atomic mass is 9.91. The van der Waals surface area contributed by atoms with Gasteiger partial charge in [-0.15, -0.1) is 0 Å². The number of aromatic nitrogens is 3. The minimum atomic E-state index is -0.233. The minimum Gasteiger partial charge on any atom is -0.355 e. The second-order valence-electron chi connectivity index (χ2n) is 8.07. The van der Waals surface area contributed by atoms with Crippen molar-refractivity contribution in [3.05, 3.63) is 29.7 Å². The van der Waals surface area contributed by atoms with Crippen molar-refractivity contribution in [2.45, 2.75) is 45.1 Å². The van der Waals surface area contributed by atoms with E-state index in [1.807, 2.05) is 15.9 Å². The Morgan fingerprint density at radius 1 is 1.10 bits per heavy atom. The number of hydrogen-bond acceptors (Lipinski definition) is 5. The largest absolute Gasteiger partial charge is 0.355 e. The van der Waals surface area contributed by atoms with Crippen molar-refractivity contribution in [1.29, 1.82) is 0 Å². The molecule has 9 nitrogen and oxygen atoms in total. The molecule has 9 heteroatoms. The number of piperidine rings is 2. The van der Waals surface area contributed by atoms with Crippen LogP contribution in [0.5, 0.6) is 0 Å². The summed E-state index contributed by atoms with van der Waals surface area (Å²) in [4.78, 5) is 45.3. The summed E-state index contributed by atoms with van der Waals surface area (Å²) in [5.41, 5.74) is 1.80. The molecule has 30 heavy (non-hydrogen) atoms. The zero-order valence-corrected chi connectivity index (χ0v) is 17.5. The number of likely N-dealkylation sites (tertiary alicyclic amines) is 2. The smallest absolute Gasteiger partial charge is 0.256 e. The fourth-order valence-electron chi connectivity index (χ4n) is 4.64. The summed E-state index contributed by atoms with van der Waals surface area (Å²) in [7, 11) is 1.58. The summed E-state index contributed by atoms with van der Waals surface area (Å²) in [5, 5.41) is 7.02. The molecule has 0 radical (unpaired) electrons. The molecule has 4 heterocycles. The molecule has 0 spiro atoms. The van der Waals surface area contributed by atoms with Crippen molar-refractivity contribution in [2.24, 2.45) is 5.92 Å². The fraction of sp³-hybridized carbons (Fsp3) is 0.571. The molecular formula is C21H28N6O3. The normalized spacial score (nSPS) is 20.4. The van der Waals surface area contributed by atoms with E-state index in [-0.39, 0.29) is 29.7 Å². The molecule has 3 amide bonds. The van der Waals surface area contributed by atoms with E-state index in [1.165, 1.54) is 6.20 Å². The highest BCUT2D eigenvalue weighted by Crippen LogP contribution is 2.34. The number of fused-ring (bicyclic) bond motifs is 1. The molecule has 1 N–H and O–H groups in total. The van der Waals surface area contributed by atoms with Gasteiger partial charge in [-0.3, -0.25) is 14.4 Å². The predicted molar refractivity (Wildman–Crippen MR) is 110 cm³/mol. The van der Waals surface area contributed by atoms with E-state index >= 15 is 0 Å². The Kier molecular flexibility index (Phi) is 5.69. The monoisotopic (exact) mass is 412 g/mol. The quantitative estimate of drug-likeness (QED) is 0.821. The summed E-state index contributed by atoms with van der Waals surface area (Å²) in [5.74, 6) is -0.0610. The van der Waals surface area contributed by atoms with Crippen LogP contribution in [-0.2, 0) is 9.59 Å². The topological polar surface area (TPSA) is 99.9 Å². The maximum absolute atomic E-state index is 13.4. The van der Waals surface area contributed by atoms with E-state index in [9.17, 15) is 14.4 Å². The molecule has 2 saturated heterocycles. The van der Waals surface area contributed by atoms with Crippen molar-refractivity contribution in [1.82, 2.24) is 29.7 Å². The number of nitrogens with one attached hydrogen (secondary N) is 1. The van der Waals surface area contributed by atoms with E-state index in [1.54, 1.807) is 24.7 Å². The summed E-state index contributed by atoms with van der Waals surface area (Å²) >= 11 is 0. The third-order valence-corrected chi connectivity index (χ3v) is 6.32. The van der Waals surface area contributed by atoms with Crippen molar-refractivity contribution in [2.75, 3.05) is 26.7 Å². The van der Waals surface area contributed by atoms with E-state index in [0.29, 0.717) is 43.7 Å². The molecule has 2 fully saturated rings. The van der Waals surface area contributed by atoms with Gasteiger partial charge in [-0.2, -0.15) is 5.10 Å². The van der Waals surface area contributed by atoms with Crippen molar-refractivity contribution < 1.29 is 14.4 Å². The first-order valence-electron chi connectivity index (χ1n) is 10.6. The number of carbonyl (C=O) groups excluding carboxylic acids is 3. The van der Waals surface area contributed by atoms with Crippen LogP contribution in [0.15, 0.2) is 18.5 Å². The lowest BCUT2D eigenvalue weighted by Crippen LogP contribution is -2.46. The van der Waals surface area contributed by atoms with Crippen LogP contribution in [0.25, 0.3) is 5.65 Å². The van der Waals surface area contributed by atoms with Crippen LogP contribution in [0, 0.1) is 5.92 Å². The lowest BCUT2D eigenvalue weighted by molar-refractivity contribution is -0.143. The summed E-state index contributed by atoms with van der Waals surface area (Å²) in [6.07, 6.45) is 7.48. The van der Waals surface area contributed by atoms with Gasteiger partial charge < -0.3 is 15.1 Å². The van der Waals surface area contributed by atoms with Crippen LogP contribution in [0.3, 0.4) is 0 Å². The average molecular weight is 412 g/mol. The van der Waals surface area contributed by atoms with Gasteiger partial charge in [-0.25, -0.2) is 9.50 Å². The van der Waals surface area contributed by atoms with Crippen LogP contribution in [0.2, 0.25) is 0 Å². The van der Waals surface area contributed by atoms with E-state index in [0.717, 1.165) is 25.0 Å². The van der Waals surface area contributed by atoms with E-state index < -0.39 is 0 Å². The maximum Gasteiger partial charge on any atom is 0.256 e. The maximum atomic E-state index is 13.4. The Hall–Kier alpha value is -2.97. The van der Waals surface area contributed by atoms with Gasteiger partial charge in [0.05, 0.1) is 17.9 Å². The Labute approximate surface area is 175 Å². The number of carbonyl (C=O) groups is 3. The van der Waals surface area contributed by atoms with Crippen LogP contribution in [-0.4, -0.2) is 68.8 Å². The zero-order chi connectivity index (χ0) is 21.3. The first-order chi connectivity index (χ1) is 14.5. The molecule has 1 atom stereocenters. The molecule has 2 aromatic heterocycles. The van der Waals surface area contributed by atoms with Gasteiger partial charge in [-0.1, -0.05) is 0 Å². The van der Waals surface area contributed by atoms with E-state index in [4.69, 9.17) is 0 Å². The molecular weight excluding hydrogens is 384 g/mol. The van der Waals surface area contributed by atoms with Crippen molar-refractivity contribution in [3.8, 4) is 0 Å². The second kappa shape index (κ2) is 8.41. The molecule has 0 aliphatic carbocycles. The van der Waals surface area contributed by atoms with E-state index in [2.05, 4.69) is 15.4 Å². The van der Waals surface area contributed by atoms with Gasteiger partial charge in [-0.05, 0) is 38.2 Å². The second-order valence-corrected chi connectivity index (χ2v) is 8.07. The minimum absolute atomic E-state index is 0.0578. The molecule has 0 aromatic carbocycles. The molecule has 0 bridgehead atoms. The Balaban J connectivity index is 1.60. The van der Waals surface area contributed by atoms with Crippen LogP contribution in [0.1, 0.15) is 61.1 Å². The molecule has 4 rings (SSSR count). The highest BCUT2D eigenvalue weighted by atomic mass is 16.2. The highest BCUT2D eigenvalue weighted by Gasteiger charge is 2.35. The molecule has 160 valence electrons.